The molecule has 0 aliphatic carbocycles. The van der Waals surface area contributed by atoms with Crippen LogP contribution in [0.4, 0.5) is 5.95 Å². The van der Waals surface area contributed by atoms with E-state index in [9.17, 15) is 0 Å². The molecule has 0 aromatic carbocycles. The number of halogens is 2. The fourth-order valence-corrected chi connectivity index (χ4v) is 2.83. The van der Waals surface area contributed by atoms with Gasteiger partial charge in [0.05, 0.1) is 22.4 Å². The van der Waals surface area contributed by atoms with Crippen molar-refractivity contribution in [2.24, 2.45) is 0 Å². The summed E-state index contributed by atoms with van der Waals surface area (Å²) in [6, 6.07) is 0. The van der Waals surface area contributed by atoms with Crippen LogP contribution < -0.4 is 5.73 Å². The maximum Gasteiger partial charge on any atom is 0.240 e. The first-order valence-electron chi connectivity index (χ1n) is 5.66. The Labute approximate surface area is 122 Å². The third kappa shape index (κ3) is 2.44. The number of hydrogen-bond acceptors (Lipinski definition) is 4. The lowest BCUT2D eigenvalue weighted by molar-refractivity contribution is 0.567. The molecule has 8 heteroatoms. The number of anilines is 1. The normalized spacial score (nSPS) is 11.1. The van der Waals surface area contributed by atoms with E-state index in [2.05, 4.69) is 60.9 Å². The Morgan fingerprint density at radius 2 is 1.89 bits per heavy atom. The number of nitrogens with zero attached hydrogens (tertiary/aromatic N) is 5. The Morgan fingerprint density at radius 1 is 1.17 bits per heavy atom. The Morgan fingerprint density at radius 3 is 2.39 bits per heavy atom. The lowest BCUT2D eigenvalue weighted by Gasteiger charge is -2.05. The zero-order valence-corrected chi connectivity index (χ0v) is 13.4. The first kappa shape index (κ1) is 13.5. The minimum Gasteiger partial charge on any atom is -0.366 e. The van der Waals surface area contributed by atoms with Gasteiger partial charge in [-0.25, -0.2) is 4.68 Å². The summed E-state index contributed by atoms with van der Waals surface area (Å²) in [5.74, 6) is 0.260. The van der Waals surface area contributed by atoms with Gasteiger partial charge < -0.3 is 5.73 Å². The SMILES string of the molecule is CCc1nn(CC)c(Cn2nc(N)nc2Br)c1Br. The number of nitrogens with two attached hydrogens (primary N) is 1. The molecule has 0 amide bonds. The van der Waals surface area contributed by atoms with E-state index in [1.807, 2.05) is 4.68 Å². The van der Waals surface area contributed by atoms with Crippen molar-refractivity contribution in [2.75, 3.05) is 5.73 Å². The highest BCUT2D eigenvalue weighted by Gasteiger charge is 2.16. The van der Waals surface area contributed by atoms with E-state index < -0.39 is 0 Å². The van der Waals surface area contributed by atoms with Gasteiger partial charge in [-0.05, 0) is 45.2 Å². The molecule has 0 atom stereocenters. The predicted octanol–water partition coefficient (Wildman–Crippen LogP) is 2.21. The molecule has 18 heavy (non-hydrogen) atoms. The Kier molecular flexibility index (Phi) is 4.06. The summed E-state index contributed by atoms with van der Waals surface area (Å²) in [7, 11) is 0. The van der Waals surface area contributed by atoms with Gasteiger partial charge in [0.2, 0.25) is 5.95 Å². The molecular formula is C10H14Br2N6. The molecular weight excluding hydrogens is 364 g/mol. The molecule has 0 fully saturated rings. The first-order valence-corrected chi connectivity index (χ1v) is 7.25. The van der Waals surface area contributed by atoms with Gasteiger partial charge in [-0.2, -0.15) is 10.1 Å². The minimum absolute atomic E-state index is 0.260. The Balaban J connectivity index is 2.39. The van der Waals surface area contributed by atoms with Crippen molar-refractivity contribution in [1.82, 2.24) is 24.5 Å². The molecule has 2 aromatic heterocycles. The van der Waals surface area contributed by atoms with Crippen LogP contribution in [0.3, 0.4) is 0 Å². The molecule has 0 spiro atoms. The van der Waals surface area contributed by atoms with Gasteiger partial charge in [0.1, 0.15) is 0 Å². The molecule has 6 nitrogen and oxygen atoms in total. The largest absolute Gasteiger partial charge is 0.366 e. The standard InChI is InChI=1S/C10H14Br2N6/c1-3-6-8(11)7(17(4-2)15-6)5-18-9(12)14-10(13)16-18/h3-5H2,1-2H3,(H2,13,16). The summed E-state index contributed by atoms with van der Waals surface area (Å²) >= 11 is 6.93. The lowest BCUT2D eigenvalue weighted by atomic mass is 10.3. The summed E-state index contributed by atoms with van der Waals surface area (Å²) in [4.78, 5) is 4.02. The predicted molar refractivity (Wildman–Crippen MR) is 76.2 cm³/mol. The van der Waals surface area contributed by atoms with Gasteiger partial charge >= 0.3 is 0 Å². The van der Waals surface area contributed by atoms with Crippen LogP contribution in [0, 0.1) is 0 Å². The van der Waals surface area contributed by atoms with Crippen molar-refractivity contribution in [1.29, 1.82) is 0 Å². The van der Waals surface area contributed by atoms with Crippen LogP contribution in [0.2, 0.25) is 0 Å². The quantitative estimate of drug-likeness (QED) is 0.886. The van der Waals surface area contributed by atoms with Crippen LogP contribution in [0.1, 0.15) is 25.2 Å². The number of aryl methyl sites for hydroxylation is 2. The minimum atomic E-state index is 0.260. The zero-order valence-electron chi connectivity index (χ0n) is 10.2. The van der Waals surface area contributed by atoms with Crippen LogP contribution in [0.5, 0.6) is 0 Å². The maximum absolute atomic E-state index is 5.57. The monoisotopic (exact) mass is 376 g/mol. The van der Waals surface area contributed by atoms with Crippen molar-refractivity contribution in [2.45, 2.75) is 33.4 Å². The average molecular weight is 378 g/mol. The summed E-state index contributed by atoms with van der Waals surface area (Å²) < 4.78 is 5.33. The van der Waals surface area contributed by atoms with Gasteiger partial charge in [0.25, 0.3) is 0 Å². The Bertz CT molecular complexity index is 559. The van der Waals surface area contributed by atoms with Gasteiger partial charge in [0.15, 0.2) is 4.73 Å². The van der Waals surface area contributed by atoms with Crippen LogP contribution >= 0.6 is 31.9 Å². The van der Waals surface area contributed by atoms with Crippen molar-refractivity contribution >= 4 is 37.8 Å². The van der Waals surface area contributed by atoms with Crippen LogP contribution in [-0.4, -0.2) is 24.5 Å². The Hall–Kier alpha value is -0.890. The van der Waals surface area contributed by atoms with E-state index in [0.717, 1.165) is 28.8 Å². The third-order valence-electron chi connectivity index (χ3n) is 2.64. The van der Waals surface area contributed by atoms with E-state index in [1.165, 1.54) is 0 Å². The molecule has 0 saturated heterocycles. The molecule has 0 bridgehead atoms. The average Bonchev–Trinajstić information content (AvgIpc) is 2.81. The zero-order chi connectivity index (χ0) is 13.3. The summed E-state index contributed by atoms with van der Waals surface area (Å²) in [6.45, 7) is 5.54. The highest BCUT2D eigenvalue weighted by molar-refractivity contribution is 9.10. The van der Waals surface area contributed by atoms with Crippen molar-refractivity contribution in [3.8, 4) is 0 Å². The maximum atomic E-state index is 5.57. The molecule has 0 aliphatic heterocycles. The second-order valence-corrected chi connectivity index (χ2v) is 5.28. The molecule has 2 heterocycles. The number of aromatic nitrogens is 5. The van der Waals surface area contributed by atoms with Crippen LogP contribution in [0.25, 0.3) is 0 Å². The molecule has 2 aromatic rings. The fraction of sp³-hybridized carbons (Fsp3) is 0.500. The van der Waals surface area contributed by atoms with E-state index in [4.69, 9.17) is 5.73 Å². The van der Waals surface area contributed by atoms with Crippen molar-refractivity contribution in [3.05, 3.63) is 20.6 Å². The van der Waals surface area contributed by atoms with Crippen LogP contribution in [0.15, 0.2) is 9.21 Å². The van der Waals surface area contributed by atoms with Gasteiger partial charge in [-0.1, -0.05) is 6.92 Å². The van der Waals surface area contributed by atoms with E-state index in [1.54, 1.807) is 4.68 Å². The number of hydrogen-bond donors (Lipinski definition) is 1. The number of rotatable bonds is 4. The summed E-state index contributed by atoms with van der Waals surface area (Å²) in [6.07, 6.45) is 0.890. The van der Waals surface area contributed by atoms with E-state index in [0.29, 0.717) is 11.3 Å². The summed E-state index contributed by atoms with van der Waals surface area (Å²) in [5.41, 5.74) is 7.69. The second kappa shape index (κ2) is 5.40. The molecule has 0 radical (unpaired) electrons. The molecule has 98 valence electrons. The molecule has 0 unspecified atom stereocenters. The molecule has 0 aliphatic rings. The van der Waals surface area contributed by atoms with Crippen molar-refractivity contribution < 1.29 is 0 Å². The van der Waals surface area contributed by atoms with Crippen LogP contribution in [-0.2, 0) is 19.5 Å². The highest BCUT2D eigenvalue weighted by atomic mass is 79.9. The third-order valence-corrected chi connectivity index (χ3v) is 4.14. The summed E-state index contributed by atoms with van der Waals surface area (Å²) in [5, 5.41) is 8.67. The highest BCUT2D eigenvalue weighted by Crippen LogP contribution is 2.24. The molecule has 0 saturated carbocycles. The number of nitrogen functional groups attached to an aromatic ring is 1. The van der Waals surface area contributed by atoms with Crippen molar-refractivity contribution in [3.63, 3.8) is 0 Å². The second-order valence-electron chi connectivity index (χ2n) is 3.77. The molecule has 2 N–H and O–H groups in total. The van der Waals surface area contributed by atoms with E-state index in [-0.39, 0.29) is 5.95 Å². The van der Waals surface area contributed by atoms with Gasteiger partial charge in [-0.3, -0.25) is 4.68 Å². The van der Waals surface area contributed by atoms with Gasteiger partial charge in [0, 0.05) is 6.54 Å². The smallest absolute Gasteiger partial charge is 0.240 e. The first-order chi connectivity index (χ1) is 8.56. The lowest BCUT2D eigenvalue weighted by Crippen LogP contribution is -2.10. The van der Waals surface area contributed by atoms with Gasteiger partial charge in [-0.15, -0.1) is 5.10 Å². The molecule has 2 rings (SSSR count). The van der Waals surface area contributed by atoms with E-state index >= 15 is 0 Å². The topological polar surface area (TPSA) is 74.5 Å². The fourth-order valence-electron chi connectivity index (χ4n) is 1.75.